The predicted molar refractivity (Wildman–Crippen MR) is 123 cm³/mol. The van der Waals surface area contributed by atoms with Gasteiger partial charge in [-0.15, -0.1) is 0 Å². The molecule has 31 heavy (non-hydrogen) atoms. The molecule has 0 aliphatic rings. The van der Waals surface area contributed by atoms with Gasteiger partial charge in [0.25, 0.3) is 0 Å². The van der Waals surface area contributed by atoms with Crippen LogP contribution < -0.4 is 0 Å². The largest absolute Gasteiger partial charge is 0.467 e. The van der Waals surface area contributed by atoms with E-state index in [2.05, 4.69) is 11.7 Å². The highest BCUT2D eigenvalue weighted by atomic mass is 16.6. The van der Waals surface area contributed by atoms with E-state index in [-0.39, 0.29) is 12.6 Å². The van der Waals surface area contributed by atoms with Crippen molar-refractivity contribution in [3.63, 3.8) is 0 Å². The van der Waals surface area contributed by atoms with Gasteiger partial charge in [0.05, 0.1) is 60.0 Å². The van der Waals surface area contributed by atoms with Crippen LogP contribution in [-0.2, 0) is 33.2 Å². The molecule has 7 heteroatoms. The quantitative estimate of drug-likeness (QED) is 0.142. The second-order valence-electron chi connectivity index (χ2n) is 7.61. The molecule has 0 atom stereocenters. The van der Waals surface area contributed by atoms with E-state index in [1.807, 2.05) is 0 Å². The minimum atomic E-state index is -0.386. The smallest absolute Gasteiger partial charge is 0.331 e. The van der Waals surface area contributed by atoms with Gasteiger partial charge in [0.1, 0.15) is 6.61 Å². The van der Waals surface area contributed by atoms with Crippen LogP contribution in [0.2, 0.25) is 0 Å². The molecule has 0 spiro atoms. The summed E-state index contributed by atoms with van der Waals surface area (Å²) in [5.41, 5.74) is 0. The molecule has 0 rings (SSSR count). The van der Waals surface area contributed by atoms with Gasteiger partial charge in [0.2, 0.25) is 0 Å². The van der Waals surface area contributed by atoms with Crippen molar-refractivity contribution < 1.29 is 33.2 Å². The number of carbonyl (C=O) groups excluding carboxylic acids is 1. The summed E-state index contributed by atoms with van der Waals surface area (Å²) in [6, 6.07) is 0. The molecule has 0 saturated carbocycles. The molecule has 0 amide bonds. The fourth-order valence-electron chi connectivity index (χ4n) is 2.96. The Kier molecular flexibility index (Phi) is 26.7. The molecule has 0 fully saturated rings. The van der Waals surface area contributed by atoms with Gasteiger partial charge in [0.15, 0.2) is 0 Å². The zero-order valence-electron chi connectivity index (χ0n) is 20.2. The number of ether oxygens (including phenoxy) is 6. The van der Waals surface area contributed by atoms with E-state index in [4.69, 9.17) is 23.7 Å². The van der Waals surface area contributed by atoms with Crippen LogP contribution in [0.4, 0.5) is 0 Å². The molecular formula is C24H48O7. The molecule has 0 aromatic heterocycles. The lowest BCUT2D eigenvalue weighted by atomic mass is 10.1. The molecule has 0 aliphatic heterocycles. The lowest BCUT2D eigenvalue weighted by molar-refractivity contribution is -0.146. The van der Waals surface area contributed by atoms with Crippen LogP contribution in [0.3, 0.4) is 0 Å². The Labute approximate surface area is 190 Å². The normalized spacial score (nSPS) is 11.2. The first-order chi connectivity index (χ1) is 15.3. The second kappa shape index (κ2) is 27.3. The number of unbranched alkanes of at least 4 members (excludes halogenated alkanes) is 10. The van der Waals surface area contributed by atoms with E-state index in [1.165, 1.54) is 71.3 Å². The van der Waals surface area contributed by atoms with Crippen LogP contribution in [0.1, 0.15) is 77.6 Å². The highest BCUT2D eigenvalue weighted by Crippen LogP contribution is 2.11. The zero-order chi connectivity index (χ0) is 22.7. The van der Waals surface area contributed by atoms with Gasteiger partial charge in [-0.3, -0.25) is 0 Å². The van der Waals surface area contributed by atoms with Crippen molar-refractivity contribution in [3.05, 3.63) is 0 Å². The maximum atomic E-state index is 10.8. The first kappa shape index (κ1) is 30.3. The van der Waals surface area contributed by atoms with Crippen LogP contribution in [-0.4, -0.2) is 79.1 Å². The lowest BCUT2D eigenvalue weighted by Gasteiger charge is -2.08. The van der Waals surface area contributed by atoms with Crippen molar-refractivity contribution in [2.45, 2.75) is 77.6 Å². The number of rotatable bonds is 26. The average molecular weight is 449 g/mol. The summed E-state index contributed by atoms with van der Waals surface area (Å²) in [6.07, 6.45) is 14.9. The summed E-state index contributed by atoms with van der Waals surface area (Å²) in [6.45, 7) is 7.19. The fourth-order valence-corrected chi connectivity index (χ4v) is 2.96. The van der Waals surface area contributed by atoms with E-state index in [9.17, 15) is 4.79 Å². The highest BCUT2D eigenvalue weighted by molar-refractivity contribution is 5.70. The van der Waals surface area contributed by atoms with Gasteiger partial charge >= 0.3 is 5.97 Å². The van der Waals surface area contributed by atoms with E-state index in [0.29, 0.717) is 52.9 Å². The zero-order valence-corrected chi connectivity index (χ0v) is 20.2. The van der Waals surface area contributed by atoms with E-state index < -0.39 is 0 Å². The standard InChI is InChI=1S/C24H48O7/c1-3-4-5-6-7-8-9-10-11-12-13-14-27-15-16-28-17-18-29-19-20-30-21-22-31-23-24(25)26-2/h3-23H2,1-2H3. The monoisotopic (exact) mass is 448 g/mol. The predicted octanol–water partition coefficient (Wildman–Crippen LogP) is 4.55. The Hall–Kier alpha value is -0.730. The summed E-state index contributed by atoms with van der Waals surface area (Å²) >= 11 is 0. The average Bonchev–Trinajstić information content (AvgIpc) is 2.78. The molecule has 186 valence electrons. The van der Waals surface area contributed by atoms with Gasteiger partial charge in [-0.2, -0.15) is 0 Å². The van der Waals surface area contributed by atoms with Crippen LogP contribution in [0.5, 0.6) is 0 Å². The van der Waals surface area contributed by atoms with Gasteiger partial charge in [-0.05, 0) is 6.42 Å². The van der Waals surface area contributed by atoms with Crippen molar-refractivity contribution in [2.24, 2.45) is 0 Å². The molecule has 0 heterocycles. The van der Waals surface area contributed by atoms with Crippen LogP contribution in [0, 0.1) is 0 Å². The third-order valence-corrected chi connectivity index (χ3v) is 4.83. The SMILES string of the molecule is CCCCCCCCCCCCCOCCOCCOCCOCCOCC(=O)OC. The van der Waals surface area contributed by atoms with Crippen molar-refractivity contribution in [3.8, 4) is 0 Å². The summed E-state index contributed by atoms with van der Waals surface area (Å²) in [7, 11) is 1.33. The van der Waals surface area contributed by atoms with Gasteiger partial charge in [-0.1, -0.05) is 71.1 Å². The molecule has 7 nitrogen and oxygen atoms in total. The van der Waals surface area contributed by atoms with Gasteiger partial charge in [0, 0.05) is 6.61 Å². The molecule has 0 radical (unpaired) electrons. The second-order valence-corrected chi connectivity index (χ2v) is 7.61. The molecule has 0 bridgehead atoms. The summed E-state index contributed by atoms with van der Waals surface area (Å²) in [4.78, 5) is 10.8. The third kappa shape index (κ3) is 27.2. The molecule has 0 unspecified atom stereocenters. The van der Waals surface area contributed by atoms with Gasteiger partial charge in [-0.25, -0.2) is 4.79 Å². The topological polar surface area (TPSA) is 72.5 Å². The maximum absolute atomic E-state index is 10.8. The summed E-state index contributed by atoms with van der Waals surface area (Å²) < 4.78 is 31.3. The number of methoxy groups -OCH3 is 1. The molecule has 0 aromatic carbocycles. The Morgan fingerprint density at radius 2 is 0.839 bits per heavy atom. The third-order valence-electron chi connectivity index (χ3n) is 4.83. The summed E-state index contributed by atoms with van der Waals surface area (Å²) in [5, 5.41) is 0. The van der Waals surface area contributed by atoms with Crippen molar-refractivity contribution in [2.75, 3.05) is 73.2 Å². The first-order valence-electron chi connectivity index (χ1n) is 12.3. The van der Waals surface area contributed by atoms with Crippen molar-refractivity contribution in [1.82, 2.24) is 0 Å². The van der Waals surface area contributed by atoms with Crippen LogP contribution in [0.25, 0.3) is 0 Å². The Morgan fingerprint density at radius 3 is 1.26 bits per heavy atom. The molecule has 0 saturated heterocycles. The number of hydrogen-bond acceptors (Lipinski definition) is 7. The van der Waals surface area contributed by atoms with Gasteiger partial charge < -0.3 is 28.4 Å². The Bertz CT molecular complexity index is 353. The van der Waals surface area contributed by atoms with Crippen LogP contribution in [0.15, 0.2) is 0 Å². The highest BCUT2D eigenvalue weighted by Gasteiger charge is 1.99. The van der Waals surface area contributed by atoms with E-state index >= 15 is 0 Å². The molecule has 0 N–H and O–H groups in total. The van der Waals surface area contributed by atoms with E-state index in [1.54, 1.807) is 0 Å². The number of hydrogen-bond donors (Lipinski definition) is 0. The molecule has 0 aromatic rings. The number of carbonyl (C=O) groups is 1. The first-order valence-corrected chi connectivity index (χ1v) is 12.3. The minimum absolute atomic E-state index is 0.0449. The molecular weight excluding hydrogens is 400 g/mol. The van der Waals surface area contributed by atoms with Crippen molar-refractivity contribution in [1.29, 1.82) is 0 Å². The van der Waals surface area contributed by atoms with Crippen LogP contribution >= 0.6 is 0 Å². The lowest BCUT2D eigenvalue weighted by Crippen LogP contribution is -2.15. The summed E-state index contributed by atoms with van der Waals surface area (Å²) in [5.74, 6) is -0.386. The minimum Gasteiger partial charge on any atom is -0.467 e. The molecule has 0 aliphatic carbocycles. The maximum Gasteiger partial charge on any atom is 0.331 e. The number of esters is 1. The Balaban J connectivity index is 3.01. The van der Waals surface area contributed by atoms with Crippen molar-refractivity contribution >= 4 is 5.97 Å². The fraction of sp³-hybridized carbons (Fsp3) is 0.958. The van der Waals surface area contributed by atoms with E-state index in [0.717, 1.165) is 13.0 Å². The Morgan fingerprint density at radius 1 is 0.484 bits per heavy atom.